The summed E-state index contributed by atoms with van der Waals surface area (Å²) in [5.41, 5.74) is 1.71. The molecule has 0 atom stereocenters. The number of ether oxygens (including phenoxy) is 1. The van der Waals surface area contributed by atoms with Crippen LogP contribution in [0.25, 0.3) is 22.9 Å². The summed E-state index contributed by atoms with van der Waals surface area (Å²) in [6.07, 6.45) is 0. The van der Waals surface area contributed by atoms with E-state index in [0.29, 0.717) is 32.5 Å². The maximum absolute atomic E-state index is 12.0. The second-order valence-corrected chi connectivity index (χ2v) is 7.25. The Kier molecular flexibility index (Phi) is 3.91. The summed E-state index contributed by atoms with van der Waals surface area (Å²) < 4.78 is 5.81. The number of carboxylic acid groups (broad SMARTS) is 1. The first kappa shape index (κ1) is 18.6. The summed E-state index contributed by atoms with van der Waals surface area (Å²) in [6, 6.07) is 16.7. The van der Waals surface area contributed by atoms with E-state index in [0.717, 1.165) is 5.39 Å². The van der Waals surface area contributed by atoms with Crippen LogP contribution in [0, 0.1) is 0 Å². The summed E-state index contributed by atoms with van der Waals surface area (Å²) in [7, 11) is 0. The number of carboxylic acids is 1. The molecule has 0 aliphatic carbocycles. The van der Waals surface area contributed by atoms with Crippen molar-refractivity contribution in [1.82, 2.24) is 0 Å². The molecule has 6 nitrogen and oxygen atoms in total. The lowest BCUT2D eigenvalue weighted by atomic mass is 9.87. The Morgan fingerprint density at radius 1 is 0.806 bits per heavy atom. The normalized spacial score (nSPS) is 12.2. The van der Waals surface area contributed by atoms with E-state index >= 15 is 0 Å². The highest BCUT2D eigenvalue weighted by Gasteiger charge is 2.28. The van der Waals surface area contributed by atoms with Gasteiger partial charge in [0.05, 0.1) is 5.56 Å². The van der Waals surface area contributed by atoms with Gasteiger partial charge >= 0.3 is 5.97 Å². The zero-order valence-electron chi connectivity index (χ0n) is 16.1. The molecule has 31 heavy (non-hydrogen) atoms. The molecule has 0 saturated heterocycles. The van der Waals surface area contributed by atoms with Crippen molar-refractivity contribution < 1.29 is 30.0 Å². The first-order valence-electron chi connectivity index (χ1n) is 9.42. The second kappa shape index (κ2) is 6.53. The van der Waals surface area contributed by atoms with Gasteiger partial charge in [0, 0.05) is 27.0 Å². The Morgan fingerprint density at radius 3 is 2.29 bits per heavy atom. The summed E-state index contributed by atoms with van der Waals surface area (Å²) in [6.45, 7) is 3.78. The van der Waals surface area contributed by atoms with Crippen LogP contribution < -0.4 is 15.2 Å². The minimum atomic E-state index is -1.07. The van der Waals surface area contributed by atoms with E-state index in [1.165, 1.54) is 12.1 Å². The number of fused-ring (bicyclic) bond motifs is 3. The molecule has 0 aromatic heterocycles. The molecule has 4 N–H and O–H groups in total. The van der Waals surface area contributed by atoms with Gasteiger partial charge in [-0.1, -0.05) is 43.0 Å². The molecular weight excluding hydrogens is 396 g/mol. The molecule has 6 heteroatoms. The van der Waals surface area contributed by atoms with Crippen molar-refractivity contribution in [1.29, 1.82) is 0 Å². The minimum absolute atomic E-state index is 0.0341. The largest absolute Gasteiger partial charge is 0.504 e. The molecule has 0 saturated carbocycles. The molecule has 152 valence electrons. The van der Waals surface area contributed by atoms with Crippen LogP contribution in [-0.2, 0) is 0 Å². The van der Waals surface area contributed by atoms with Gasteiger partial charge in [-0.2, -0.15) is 0 Å². The molecule has 4 aromatic carbocycles. The van der Waals surface area contributed by atoms with Gasteiger partial charge in [-0.25, -0.2) is 4.79 Å². The predicted molar refractivity (Wildman–Crippen MR) is 115 cm³/mol. The number of phenolic OH excluding ortho intramolecular Hbond substituents is 3. The summed E-state index contributed by atoms with van der Waals surface area (Å²) in [5.74, 6) is -2.10. The molecule has 5 rings (SSSR count). The van der Waals surface area contributed by atoms with E-state index in [4.69, 9.17) is 4.74 Å². The van der Waals surface area contributed by atoms with Crippen molar-refractivity contribution in [2.45, 2.75) is 0 Å². The van der Waals surface area contributed by atoms with Gasteiger partial charge in [0.2, 0.25) is 5.75 Å². The van der Waals surface area contributed by atoms with Crippen molar-refractivity contribution in [3.05, 3.63) is 87.8 Å². The first-order valence-corrected chi connectivity index (χ1v) is 9.42. The predicted octanol–water partition coefficient (Wildman–Crippen LogP) is 3.42. The average Bonchev–Trinajstić information content (AvgIpc) is 2.77. The number of rotatable bonds is 2. The fourth-order valence-corrected chi connectivity index (χ4v) is 4.04. The topological polar surface area (TPSA) is 107 Å². The molecule has 0 radical (unpaired) electrons. The van der Waals surface area contributed by atoms with Crippen LogP contribution in [0.3, 0.4) is 0 Å². The lowest BCUT2D eigenvalue weighted by Crippen LogP contribution is -2.20. The summed E-state index contributed by atoms with van der Waals surface area (Å²) in [5, 5.41) is 43.0. The van der Waals surface area contributed by atoms with Crippen molar-refractivity contribution >= 4 is 28.9 Å². The smallest absolute Gasteiger partial charge is 0.336 e. The molecule has 0 bridgehead atoms. The van der Waals surface area contributed by atoms with Gasteiger partial charge in [0.25, 0.3) is 0 Å². The van der Waals surface area contributed by atoms with Gasteiger partial charge in [0.1, 0.15) is 0 Å². The summed E-state index contributed by atoms with van der Waals surface area (Å²) >= 11 is 0. The third-order valence-electron chi connectivity index (χ3n) is 5.47. The SMILES string of the molecule is C=c1ccc2c(c1O)Oc1c(ccc(O)c1O)C=2c1cccc2cccc(C(=O)O)c12. The van der Waals surface area contributed by atoms with Crippen molar-refractivity contribution in [2.75, 3.05) is 0 Å². The standard InChI is InChI=1S/C25H16O6/c1-12-8-9-15-20(14-6-2-4-13-5-3-7-17(19(13)14)25(29)30)16-10-11-18(26)22(28)24(16)31-23(15)21(12)27/h2-11,26-28H,1H2,(H,29,30). The Bertz CT molecular complexity index is 1530. The fraction of sp³-hybridized carbons (Fsp3) is 0. The van der Waals surface area contributed by atoms with Gasteiger partial charge < -0.3 is 25.2 Å². The highest BCUT2D eigenvalue weighted by atomic mass is 16.5. The number of aromatic hydroxyl groups is 3. The van der Waals surface area contributed by atoms with Crippen molar-refractivity contribution in [3.8, 4) is 28.7 Å². The van der Waals surface area contributed by atoms with Gasteiger partial charge in [0.15, 0.2) is 23.0 Å². The van der Waals surface area contributed by atoms with Crippen LogP contribution in [0.1, 0.15) is 21.5 Å². The Labute approximate surface area is 175 Å². The molecule has 0 unspecified atom stereocenters. The van der Waals surface area contributed by atoms with E-state index in [9.17, 15) is 25.2 Å². The Balaban J connectivity index is 2.03. The quantitative estimate of drug-likeness (QED) is 0.331. The minimum Gasteiger partial charge on any atom is -0.504 e. The molecular formula is C25H16O6. The number of benzene rings is 4. The van der Waals surface area contributed by atoms with E-state index in [1.807, 2.05) is 12.1 Å². The van der Waals surface area contributed by atoms with Crippen LogP contribution in [-0.4, -0.2) is 26.4 Å². The summed E-state index contributed by atoms with van der Waals surface area (Å²) in [4.78, 5) is 12.0. The van der Waals surface area contributed by atoms with Crippen LogP contribution in [0.4, 0.5) is 0 Å². The second-order valence-electron chi connectivity index (χ2n) is 7.25. The van der Waals surface area contributed by atoms with Crippen LogP contribution in [0.5, 0.6) is 28.7 Å². The molecule has 1 aliphatic heterocycles. The molecule has 4 aromatic rings. The molecule has 1 heterocycles. The van der Waals surface area contributed by atoms with E-state index < -0.39 is 11.7 Å². The van der Waals surface area contributed by atoms with Gasteiger partial charge in [-0.05, 0) is 35.2 Å². The number of hydrogen-bond acceptors (Lipinski definition) is 5. The number of hydrogen-bond donors (Lipinski definition) is 4. The lowest BCUT2D eigenvalue weighted by molar-refractivity contribution is 0.0699. The van der Waals surface area contributed by atoms with E-state index in [1.54, 1.807) is 36.4 Å². The van der Waals surface area contributed by atoms with Crippen LogP contribution in [0.2, 0.25) is 0 Å². The lowest BCUT2D eigenvalue weighted by Gasteiger charge is -2.24. The highest BCUT2D eigenvalue weighted by Crippen LogP contribution is 2.48. The van der Waals surface area contributed by atoms with E-state index in [-0.39, 0.29) is 28.6 Å². The Hall–Kier alpha value is -4.45. The third kappa shape index (κ3) is 2.62. The van der Waals surface area contributed by atoms with Crippen molar-refractivity contribution in [3.63, 3.8) is 0 Å². The van der Waals surface area contributed by atoms with Gasteiger partial charge in [-0.3, -0.25) is 0 Å². The van der Waals surface area contributed by atoms with Crippen molar-refractivity contribution in [2.24, 2.45) is 0 Å². The molecule has 1 aliphatic rings. The monoisotopic (exact) mass is 412 g/mol. The maximum atomic E-state index is 12.0. The zero-order valence-corrected chi connectivity index (χ0v) is 16.1. The first-order chi connectivity index (χ1) is 14.9. The van der Waals surface area contributed by atoms with E-state index in [2.05, 4.69) is 6.58 Å². The van der Waals surface area contributed by atoms with Crippen LogP contribution in [0.15, 0.2) is 60.7 Å². The van der Waals surface area contributed by atoms with Crippen LogP contribution >= 0.6 is 0 Å². The third-order valence-corrected chi connectivity index (χ3v) is 5.47. The highest BCUT2D eigenvalue weighted by molar-refractivity contribution is 6.10. The molecule has 0 fully saturated rings. The van der Waals surface area contributed by atoms with Gasteiger partial charge in [-0.15, -0.1) is 0 Å². The average molecular weight is 412 g/mol. The number of phenols is 3. The number of carbonyl (C=O) groups is 1. The molecule has 0 amide bonds. The Morgan fingerprint density at radius 2 is 1.55 bits per heavy atom. The maximum Gasteiger partial charge on any atom is 0.336 e. The fourth-order valence-electron chi connectivity index (χ4n) is 4.04. The number of aromatic carboxylic acids is 1. The molecule has 0 spiro atoms. The zero-order chi connectivity index (χ0) is 21.9.